The number of aryl methyl sites for hydroxylation is 1. The van der Waals surface area contributed by atoms with Crippen molar-refractivity contribution >= 4 is 27.7 Å². The lowest BCUT2D eigenvalue weighted by atomic mass is 9.96. The zero-order valence-electron chi connectivity index (χ0n) is 17.4. The van der Waals surface area contributed by atoms with Crippen LogP contribution in [0.2, 0.25) is 0 Å². The Balaban J connectivity index is 1.34. The van der Waals surface area contributed by atoms with Gasteiger partial charge in [0.15, 0.2) is 5.82 Å². The Morgan fingerprint density at radius 3 is 2.61 bits per heavy atom. The highest BCUT2D eigenvalue weighted by Gasteiger charge is 2.27. The van der Waals surface area contributed by atoms with Crippen molar-refractivity contribution in [3.8, 4) is 11.6 Å². The van der Waals surface area contributed by atoms with Gasteiger partial charge in [0.25, 0.3) is 5.88 Å². The number of hydrogen-bond donors (Lipinski definition) is 1. The molecule has 7 heteroatoms. The summed E-state index contributed by atoms with van der Waals surface area (Å²) in [6.07, 6.45) is 4.85. The Kier molecular flexibility index (Phi) is 6.82. The van der Waals surface area contributed by atoms with Crippen molar-refractivity contribution in [3.63, 3.8) is 0 Å². The molecule has 0 bridgehead atoms. The van der Waals surface area contributed by atoms with E-state index in [-0.39, 0.29) is 11.8 Å². The molecule has 2 heterocycles. The van der Waals surface area contributed by atoms with Crippen LogP contribution in [0, 0.1) is 12.8 Å². The molecule has 6 nitrogen and oxygen atoms in total. The van der Waals surface area contributed by atoms with Gasteiger partial charge in [-0.15, -0.1) is 0 Å². The Hall–Kier alpha value is -2.93. The maximum atomic E-state index is 12.6. The minimum atomic E-state index is 0.00143. The normalized spacial score (nSPS) is 14.3. The van der Waals surface area contributed by atoms with Gasteiger partial charge in [-0.3, -0.25) is 4.79 Å². The van der Waals surface area contributed by atoms with Crippen molar-refractivity contribution in [1.82, 2.24) is 15.3 Å². The molecule has 0 atom stereocenters. The Morgan fingerprint density at radius 2 is 1.87 bits per heavy atom. The smallest absolute Gasteiger partial charge is 0.263 e. The molecule has 0 spiro atoms. The van der Waals surface area contributed by atoms with Gasteiger partial charge in [0.2, 0.25) is 5.91 Å². The average molecular weight is 481 g/mol. The predicted octanol–water partition coefficient (Wildman–Crippen LogP) is 4.87. The largest absolute Gasteiger partial charge is 0.436 e. The molecule has 0 aliphatic carbocycles. The number of halogens is 1. The van der Waals surface area contributed by atoms with Crippen molar-refractivity contribution < 1.29 is 9.53 Å². The summed E-state index contributed by atoms with van der Waals surface area (Å²) >= 11 is 3.46. The molecule has 1 fully saturated rings. The second-order valence-electron chi connectivity index (χ2n) is 7.71. The van der Waals surface area contributed by atoms with Gasteiger partial charge in [0.1, 0.15) is 5.75 Å². The highest BCUT2D eigenvalue weighted by atomic mass is 79.9. The summed E-state index contributed by atoms with van der Waals surface area (Å²) in [5, 5.41) is 3.07. The predicted molar refractivity (Wildman–Crippen MR) is 124 cm³/mol. The molecular formula is C24H25BrN4O2. The van der Waals surface area contributed by atoms with Gasteiger partial charge in [0.05, 0.1) is 0 Å². The summed E-state index contributed by atoms with van der Waals surface area (Å²) in [7, 11) is 0. The number of carbonyl (C=O) groups excluding carboxylic acids is 1. The van der Waals surface area contributed by atoms with Gasteiger partial charge in [-0.2, -0.15) is 0 Å². The first-order valence-electron chi connectivity index (χ1n) is 10.4. The topological polar surface area (TPSA) is 67.4 Å². The maximum Gasteiger partial charge on any atom is 0.263 e. The van der Waals surface area contributed by atoms with Crippen molar-refractivity contribution in [2.24, 2.45) is 5.92 Å². The van der Waals surface area contributed by atoms with Crippen molar-refractivity contribution in [2.75, 3.05) is 18.0 Å². The lowest BCUT2D eigenvalue weighted by Crippen LogP contribution is -2.40. The molecular weight excluding hydrogens is 456 g/mol. The molecule has 160 valence electrons. The highest BCUT2D eigenvalue weighted by Crippen LogP contribution is 2.31. The molecule has 31 heavy (non-hydrogen) atoms. The summed E-state index contributed by atoms with van der Waals surface area (Å²) in [6.45, 7) is 4.05. The fourth-order valence-electron chi connectivity index (χ4n) is 3.66. The molecule has 4 rings (SSSR count). The van der Waals surface area contributed by atoms with E-state index in [1.807, 2.05) is 55.5 Å². The highest BCUT2D eigenvalue weighted by molar-refractivity contribution is 9.10. The summed E-state index contributed by atoms with van der Waals surface area (Å²) in [4.78, 5) is 23.7. The standard InChI is InChI=1S/C24H25BrN4O2/c1-17-5-7-21(8-6-17)31-24-22(26-11-12-27-24)29-13-9-19(10-14-29)23(30)28-16-18-3-2-4-20(25)15-18/h2-8,11-12,15,19H,9-10,13-14,16H2,1H3,(H,28,30). The fourth-order valence-corrected chi connectivity index (χ4v) is 4.11. The van der Waals surface area contributed by atoms with Crippen molar-refractivity contribution in [2.45, 2.75) is 26.3 Å². The number of nitrogens with one attached hydrogen (secondary N) is 1. The van der Waals surface area contributed by atoms with E-state index in [1.165, 1.54) is 5.56 Å². The number of nitrogens with zero attached hydrogens (tertiary/aromatic N) is 3. The number of ether oxygens (including phenoxy) is 1. The van der Waals surface area contributed by atoms with Crippen LogP contribution in [-0.4, -0.2) is 29.0 Å². The first kappa shape index (κ1) is 21.3. The van der Waals surface area contributed by atoms with E-state index < -0.39 is 0 Å². The second kappa shape index (κ2) is 9.92. The first-order valence-corrected chi connectivity index (χ1v) is 11.2. The third kappa shape index (κ3) is 5.61. The van der Waals surface area contributed by atoms with Crippen LogP contribution in [0.1, 0.15) is 24.0 Å². The van der Waals surface area contributed by atoms with Crippen molar-refractivity contribution in [3.05, 3.63) is 76.5 Å². The third-order valence-electron chi connectivity index (χ3n) is 5.40. The lowest BCUT2D eigenvalue weighted by molar-refractivity contribution is -0.125. The minimum Gasteiger partial charge on any atom is -0.436 e. The minimum absolute atomic E-state index is 0.00143. The fraction of sp³-hybridized carbons (Fsp3) is 0.292. The maximum absolute atomic E-state index is 12.6. The van der Waals surface area contributed by atoms with E-state index in [4.69, 9.17) is 4.74 Å². The van der Waals surface area contributed by atoms with Gasteiger partial charge in [-0.25, -0.2) is 9.97 Å². The Morgan fingerprint density at radius 1 is 1.13 bits per heavy atom. The van der Waals surface area contributed by atoms with Crippen LogP contribution in [-0.2, 0) is 11.3 Å². The van der Waals surface area contributed by atoms with Crippen LogP contribution in [0.5, 0.6) is 11.6 Å². The van der Waals surface area contributed by atoms with E-state index in [1.54, 1.807) is 12.4 Å². The zero-order chi connectivity index (χ0) is 21.6. The summed E-state index contributed by atoms with van der Waals surface area (Å²) in [5.74, 6) is 2.05. The number of amides is 1. The van der Waals surface area contributed by atoms with Gasteiger partial charge in [-0.05, 0) is 49.6 Å². The van der Waals surface area contributed by atoms with Crippen LogP contribution in [0.25, 0.3) is 0 Å². The molecule has 1 saturated heterocycles. The lowest BCUT2D eigenvalue weighted by Gasteiger charge is -2.32. The average Bonchev–Trinajstić information content (AvgIpc) is 2.80. The summed E-state index contributed by atoms with van der Waals surface area (Å²) < 4.78 is 7.00. The van der Waals surface area contributed by atoms with E-state index >= 15 is 0 Å². The quantitative estimate of drug-likeness (QED) is 0.544. The first-order chi connectivity index (χ1) is 15.1. The van der Waals surface area contributed by atoms with Gasteiger partial charge in [-0.1, -0.05) is 45.8 Å². The van der Waals surface area contributed by atoms with Crippen LogP contribution < -0.4 is 15.0 Å². The number of rotatable bonds is 6. The van der Waals surface area contributed by atoms with E-state index in [0.717, 1.165) is 47.5 Å². The van der Waals surface area contributed by atoms with Gasteiger partial charge >= 0.3 is 0 Å². The SMILES string of the molecule is Cc1ccc(Oc2nccnc2N2CCC(C(=O)NCc3cccc(Br)c3)CC2)cc1. The number of benzene rings is 2. The monoisotopic (exact) mass is 480 g/mol. The van der Waals surface area contributed by atoms with Crippen LogP contribution in [0.4, 0.5) is 5.82 Å². The molecule has 3 aromatic rings. The molecule has 0 saturated carbocycles. The molecule has 1 aliphatic heterocycles. The van der Waals surface area contributed by atoms with Crippen LogP contribution in [0.3, 0.4) is 0 Å². The Bertz CT molecular complexity index is 1030. The Labute approximate surface area is 190 Å². The number of piperidine rings is 1. The molecule has 1 aromatic heterocycles. The van der Waals surface area contributed by atoms with Crippen LogP contribution >= 0.6 is 15.9 Å². The van der Waals surface area contributed by atoms with Gasteiger partial charge < -0.3 is 15.0 Å². The molecule has 0 radical (unpaired) electrons. The number of hydrogen-bond acceptors (Lipinski definition) is 5. The number of anilines is 1. The second-order valence-corrected chi connectivity index (χ2v) is 8.62. The third-order valence-corrected chi connectivity index (χ3v) is 5.90. The van der Waals surface area contributed by atoms with Crippen LogP contribution in [0.15, 0.2) is 65.4 Å². The van der Waals surface area contributed by atoms with Crippen molar-refractivity contribution in [1.29, 1.82) is 0 Å². The van der Waals surface area contributed by atoms with Gasteiger partial charge in [0, 0.05) is 42.4 Å². The summed E-state index contributed by atoms with van der Waals surface area (Å²) in [5.41, 5.74) is 2.25. The van der Waals surface area contributed by atoms with E-state index in [2.05, 4.69) is 36.1 Å². The molecule has 1 aliphatic rings. The van der Waals surface area contributed by atoms with E-state index in [9.17, 15) is 4.79 Å². The number of carbonyl (C=O) groups is 1. The molecule has 1 N–H and O–H groups in total. The van der Waals surface area contributed by atoms with E-state index in [0.29, 0.717) is 12.4 Å². The summed E-state index contributed by atoms with van der Waals surface area (Å²) in [6, 6.07) is 15.8. The molecule has 1 amide bonds. The number of aromatic nitrogens is 2. The zero-order valence-corrected chi connectivity index (χ0v) is 19.0. The molecule has 2 aromatic carbocycles. The molecule has 0 unspecified atom stereocenters.